The van der Waals surface area contributed by atoms with Crippen LogP contribution in [0, 0.1) is 0 Å². The molecule has 1 fully saturated rings. The number of nitrogens with two attached hydrogens (primary N) is 1. The van der Waals surface area contributed by atoms with E-state index in [1.165, 1.54) is 19.3 Å². The van der Waals surface area contributed by atoms with Crippen LogP contribution >= 0.6 is 0 Å². The maximum absolute atomic E-state index is 11.4. The summed E-state index contributed by atoms with van der Waals surface area (Å²) in [5.41, 5.74) is 5.37. The van der Waals surface area contributed by atoms with Crippen molar-refractivity contribution in [2.75, 3.05) is 0 Å². The molecule has 0 aliphatic heterocycles. The Bertz CT molecular complexity index is 161. The Labute approximate surface area is 74.5 Å². The van der Waals surface area contributed by atoms with Crippen LogP contribution in [0.5, 0.6) is 0 Å². The van der Waals surface area contributed by atoms with Crippen molar-refractivity contribution in [2.45, 2.75) is 57.4 Å². The predicted octanol–water partition coefficient (Wildman–Crippen LogP) is 2.02. The molecule has 0 bridgehead atoms. The van der Waals surface area contributed by atoms with Crippen LogP contribution in [0.15, 0.2) is 0 Å². The average Bonchev–Trinajstić information content (AvgIpc) is 2.78. The van der Waals surface area contributed by atoms with E-state index in [0.29, 0.717) is 12.2 Å². The molecule has 0 atom stereocenters. The lowest BCUT2D eigenvalue weighted by Crippen LogP contribution is -2.32. The topological polar surface area (TPSA) is 43.1 Å². The van der Waals surface area contributed by atoms with Gasteiger partial charge in [0.05, 0.1) is 5.54 Å². The van der Waals surface area contributed by atoms with Crippen molar-refractivity contribution in [3.05, 3.63) is 0 Å². The Kier molecular flexibility index (Phi) is 3.27. The molecule has 2 N–H and O–H groups in total. The van der Waals surface area contributed by atoms with Crippen molar-refractivity contribution in [3.8, 4) is 0 Å². The zero-order valence-corrected chi connectivity index (χ0v) is 7.94. The number of hydrogen-bond acceptors (Lipinski definition) is 2. The number of carbonyl (C=O) groups excluding carboxylic acids is 1. The van der Waals surface area contributed by atoms with Crippen molar-refractivity contribution < 1.29 is 4.79 Å². The van der Waals surface area contributed by atoms with E-state index in [1.54, 1.807) is 0 Å². The Balaban J connectivity index is 2.03. The van der Waals surface area contributed by atoms with E-state index in [1.807, 2.05) is 0 Å². The van der Waals surface area contributed by atoms with Gasteiger partial charge in [0.15, 0.2) is 5.78 Å². The third-order valence-electron chi connectivity index (χ3n) is 2.60. The zero-order valence-electron chi connectivity index (χ0n) is 7.94. The molecule has 70 valence electrons. The van der Waals surface area contributed by atoms with Gasteiger partial charge in [-0.05, 0) is 19.3 Å². The van der Waals surface area contributed by atoms with Gasteiger partial charge in [0.1, 0.15) is 0 Å². The second-order valence-electron chi connectivity index (χ2n) is 3.89. The monoisotopic (exact) mass is 169 g/mol. The Morgan fingerprint density at radius 1 is 1.33 bits per heavy atom. The molecule has 0 aromatic carbocycles. The first-order valence-corrected chi connectivity index (χ1v) is 5.01. The molecule has 0 spiro atoms. The van der Waals surface area contributed by atoms with Gasteiger partial charge in [0.25, 0.3) is 0 Å². The highest BCUT2D eigenvalue weighted by atomic mass is 16.1. The first-order chi connectivity index (χ1) is 5.69. The lowest BCUT2D eigenvalue weighted by atomic mass is 10.0. The van der Waals surface area contributed by atoms with Gasteiger partial charge in [-0.1, -0.05) is 26.2 Å². The molecule has 0 aromatic heterocycles. The molecule has 1 aliphatic rings. The summed E-state index contributed by atoms with van der Waals surface area (Å²) in [6.07, 6.45) is 7.21. The minimum absolute atomic E-state index is 0.290. The third kappa shape index (κ3) is 2.59. The normalized spacial score (nSPS) is 19.2. The molecule has 12 heavy (non-hydrogen) atoms. The van der Waals surface area contributed by atoms with E-state index in [0.717, 1.165) is 19.3 Å². The van der Waals surface area contributed by atoms with Gasteiger partial charge in [-0.15, -0.1) is 0 Å². The standard InChI is InChI=1S/C10H19NO/c1-2-3-4-5-6-9(12)10(11)7-8-10/h2-8,11H2,1H3. The van der Waals surface area contributed by atoms with Gasteiger partial charge < -0.3 is 5.73 Å². The predicted molar refractivity (Wildman–Crippen MR) is 49.9 cm³/mol. The number of ketones is 1. The molecule has 0 heterocycles. The summed E-state index contributed by atoms with van der Waals surface area (Å²) < 4.78 is 0. The maximum atomic E-state index is 11.4. The van der Waals surface area contributed by atoms with Crippen molar-refractivity contribution in [2.24, 2.45) is 5.73 Å². The number of Topliss-reactive ketones (excluding diaryl/α,β-unsaturated/α-hetero) is 1. The lowest BCUT2D eigenvalue weighted by Gasteiger charge is -2.05. The Morgan fingerprint density at radius 3 is 2.50 bits per heavy atom. The average molecular weight is 169 g/mol. The molecule has 1 aliphatic carbocycles. The van der Waals surface area contributed by atoms with Gasteiger partial charge in [-0.25, -0.2) is 0 Å². The first-order valence-electron chi connectivity index (χ1n) is 5.01. The molecule has 1 rings (SSSR count). The van der Waals surface area contributed by atoms with Crippen LogP contribution in [0.2, 0.25) is 0 Å². The van der Waals surface area contributed by atoms with Crippen LogP contribution < -0.4 is 5.73 Å². The summed E-state index contributed by atoms with van der Waals surface area (Å²) in [5, 5.41) is 0. The SMILES string of the molecule is CCCCCCC(=O)C1(N)CC1. The summed E-state index contributed by atoms with van der Waals surface area (Å²) >= 11 is 0. The summed E-state index contributed by atoms with van der Waals surface area (Å²) in [6, 6.07) is 0. The summed E-state index contributed by atoms with van der Waals surface area (Å²) in [4.78, 5) is 11.4. The molecule has 0 aromatic rings. The second-order valence-corrected chi connectivity index (χ2v) is 3.89. The minimum atomic E-state index is -0.383. The molecule has 0 amide bonds. The maximum Gasteiger partial charge on any atom is 0.152 e. The lowest BCUT2D eigenvalue weighted by molar-refractivity contribution is -0.121. The van der Waals surface area contributed by atoms with E-state index >= 15 is 0 Å². The minimum Gasteiger partial charge on any atom is -0.319 e. The molecule has 0 unspecified atom stereocenters. The Morgan fingerprint density at radius 2 is 2.00 bits per heavy atom. The highest BCUT2D eigenvalue weighted by molar-refractivity contribution is 5.90. The molecule has 0 radical (unpaired) electrons. The van der Waals surface area contributed by atoms with E-state index in [4.69, 9.17) is 5.73 Å². The second kappa shape index (κ2) is 4.04. The fraction of sp³-hybridized carbons (Fsp3) is 0.900. The number of hydrogen-bond donors (Lipinski definition) is 1. The van der Waals surface area contributed by atoms with Gasteiger partial charge in [-0.2, -0.15) is 0 Å². The van der Waals surface area contributed by atoms with Crippen molar-refractivity contribution in [1.82, 2.24) is 0 Å². The fourth-order valence-corrected chi connectivity index (χ4v) is 1.37. The highest BCUT2D eigenvalue weighted by Crippen LogP contribution is 2.34. The van der Waals surface area contributed by atoms with Crippen molar-refractivity contribution >= 4 is 5.78 Å². The summed E-state index contributed by atoms with van der Waals surface area (Å²) in [6.45, 7) is 2.17. The zero-order chi connectivity index (χ0) is 9.03. The number of rotatable bonds is 6. The number of carbonyl (C=O) groups is 1. The molecule has 1 saturated carbocycles. The van der Waals surface area contributed by atoms with Gasteiger partial charge in [0.2, 0.25) is 0 Å². The van der Waals surface area contributed by atoms with Crippen LogP contribution in [0.25, 0.3) is 0 Å². The van der Waals surface area contributed by atoms with Crippen molar-refractivity contribution in [3.63, 3.8) is 0 Å². The fourth-order valence-electron chi connectivity index (χ4n) is 1.37. The van der Waals surface area contributed by atoms with E-state index < -0.39 is 0 Å². The van der Waals surface area contributed by atoms with Crippen LogP contribution in [-0.2, 0) is 4.79 Å². The summed E-state index contributed by atoms with van der Waals surface area (Å²) in [7, 11) is 0. The Hall–Kier alpha value is -0.370. The first kappa shape index (κ1) is 9.72. The quantitative estimate of drug-likeness (QED) is 0.618. The van der Waals surface area contributed by atoms with Gasteiger partial charge >= 0.3 is 0 Å². The third-order valence-corrected chi connectivity index (χ3v) is 2.60. The molecule has 2 heteroatoms. The highest BCUT2D eigenvalue weighted by Gasteiger charge is 2.44. The van der Waals surface area contributed by atoms with E-state index in [9.17, 15) is 4.79 Å². The van der Waals surface area contributed by atoms with Crippen LogP contribution in [0.3, 0.4) is 0 Å². The molecular weight excluding hydrogens is 150 g/mol. The van der Waals surface area contributed by atoms with Gasteiger partial charge in [0, 0.05) is 6.42 Å². The summed E-state index contributed by atoms with van der Waals surface area (Å²) in [5.74, 6) is 0.290. The largest absolute Gasteiger partial charge is 0.319 e. The van der Waals surface area contributed by atoms with Crippen molar-refractivity contribution in [1.29, 1.82) is 0 Å². The molecular formula is C10H19NO. The number of unbranched alkanes of at least 4 members (excludes halogenated alkanes) is 3. The van der Waals surface area contributed by atoms with Crippen LogP contribution in [0.4, 0.5) is 0 Å². The van der Waals surface area contributed by atoms with E-state index in [-0.39, 0.29) is 5.54 Å². The van der Waals surface area contributed by atoms with Crippen LogP contribution in [0.1, 0.15) is 51.9 Å². The molecule has 2 nitrogen and oxygen atoms in total. The smallest absolute Gasteiger partial charge is 0.152 e. The van der Waals surface area contributed by atoms with Gasteiger partial charge in [-0.3, -0.25) is 4.79 Å². The van der Waals surface area contributed by atoms with E-state index in [2.05, 4.69) is 6.92 Å². The molecule has 0 saturated heterocycles. The van der Waals surface area contributed by atoms with Crippen LogP contribution in [-0.4, -0.2) is 11.3 Å².